The molecule has 1 aromatic heterocycles. The van der Waals surface area contributed by atoms with Crippen LogP contribution in [0.25, 0.3) is 5.69 Å². The number of piperazine rings is 1. The van der Waals surface area contributed by atoms with Crippen LogP contribution in [0.5, 0.6) is 0 Å². The Kier molecular flexibility index (Phi) is 7.65. The van der Waals surface area contributed by atoms with Crippen molar-refractivity contribution in [2.75, 3.05) is 37.6 Å². The van der Waals surface area contributed by atoms with Gasteiger partial charge in [0.05, 0.1) is 30.2 Å². The molecule has 0 saturated carbocycles. The fourth-order valence-corrected chi connectivity index (χ4v) is 4.46. The molecule has 1 N–H and O–H groups in total. The van der Waals surface area contributed by atoms with Crippen molar-refractivity contribution < 1.29 is 4.79 Å². The van der Waals surface area contributed by atoms with Crippen LogP contribution < -0.4 is 15.8 Å². The molecule has 4 rings (SSSR count). The van der Waals surface area contributed by atoms with Gasteiger partial charge in [0, 0.05) is 26.2 Å². The maximum Gasteiger partial charge on any atom is 0.292 e. The molecule has 1 saturated heterocycles. The van der Waals surface area contributed by atoms with E-state index in [0.717, 1.165) is 12.0 Å². The SMILES string of the molecule is CC[C@H](NC(=O)CN1CCN(c2cnn(-c3ccccc3)c(=O)c2Cl)CC1)c1ccc(C)cc1. The van der Waals surface area contributed by atoms with Crippen molar-refractivity contribution in [3.8, 4) is 5.69 Å². The molecule has 1 aliphatic rings. The van der Waals surface area contributed by atoms with Gasteiger partial charge in [-0.3, -0.25) is 14.5 Å². The number of carbonyl (C=O) groups excluding carboxylic acids is 1. The third-order valence-electron chi connectivity index (χ3n) is 6.20. The third kappa shape index (κ3) is 5.48. The number of anilines is 1. The maximum absolute atomic E-state index is 12.8. The highest BCUT2D eigenvalue weighted by Crippen LogP contribution is 2.23. The van der Waals surface area contributed by atoms with Crippen molar-refractivity contribution in [1.29, 1.82) is 0 Å². The van der Waals surface area contributed by atoms with Crippen LogP contribution in [-0.2, 0) is 4.79 Å². The number of nitrogens with zero attached hydrogens (tertiary/aromatic N) is 4. The molecule has 34 heavy (non-hydrogen) atoms. The zero-order valence-electron chi connectivity index (χ0n) is 19.6. The summed E-state index contributed by atoms with van der Waals surface area (Å²) in [5.74, 6) is 0.0195. The largest absolute Gasteiger partial charge is 0.366 e. The van der Waals surface area contributed by atoms with Gasteiger partial charge < -0.3 is 10.2 Å². The molecular formula is C26H30ClN5O2. The normalized spacial score (nSPS) is 15.2. The summed E-state index contributed by atoms with van der Waals surface area (Å²) in [5.41, 5.74) is 3.30. The summed E-state index contributed by atoms with van der Waals surface area (Å²) in [4.78, 5) is 29.7. The first-order chi connectivity index (χ1) is 16.5. The van der Waals surface area contributed by atoms with Crippen molar-refractivity contribution >= 4 is 23.2 Å². The highest BCUT2D eigenvalue weighted by molar-refractivity contribution is 6.33. The zero-order valence-corrected chi connectivity index (χ0v) is 20.3. The van der Waals surface area contributed by atoms with E-state index >= 15 is 0 Å². The van der Waals surface area contributed by atoms with E-state index in [2.05, 4.69) is 58.3 Å². The van der Waals surface area contributed by atoms with Gasteiger partial charge in [0.1, 0.15) is 5.02 Å². The standard InChI is InChI=1S/C26H30ClN5O2/c1-3-22(20-11-9-19(2)10-12-20)29-24(33)18-30-13-15-31(16-14-30)23-17-28-32(26(34)25(23)27)21-7-5-4-6-8-21/h4-12,17,22H,3,13-16,18H2,1-2H3,(H,29,33)/t22-/m0/s1. The van der Waals surface area contributed by atoms with Crippen LogP contribution in [0.2, 0.25) is 5.02 Å². The monoisotopic (exact) mass is 479 g/mol. The van der Waals surface area contributed by atoms with Crippen LogP contribution >= 0.6 is 11.6 Å². The van der Waals surface area contributed by atoms with E-state index < -0.39 is 0 Å². The van der Waals surface area contributed by atoms with Gasteiger partial charge in [-0.2, -0.15) is 9.78 Å². The van der Waals surface area contributed by atoms with Gasteiger partial charge in [0.2, 0.25) is 5.91 Å². The Balaban J connectivity index is 1.34. The number of aryl methyl sites for hydroxylation is 1. The van der Waals surface area contributed by atoms with Gasteiger partial charge >= 0.3 is 0 Å². The lowest BCUT2D eigenvalue weighted by atomic mass is 10.0. The Bertz CT molecular complexity index is 1170. The van der Waals surface area contributed by atoms with Crippen LogP contribution in [0, 0.1) is 6.92 Å². The van der Waals surface area contributed by atoms with E-state index in [1.54, 1.807) is 6.20 Å². The molecule has 0 radical (unpaired) electrons. The van der Waals surface area contributed by atoms with E-state index in [9.17, 15) is 9.59 Å². The van der Waals surface area contributed by atoms with E-state index in [4.69, 9.17) is 11.6 Å². The molecule has 8 heteroatoms. The van der Waals surface area contributed by atoms with Crippen molar-refractivity contribution in [2.45, 2.75) is 26.3 Å². The molecule has 178 valence electrons. The molecule has 0 spiro atoms. The average Bonchev–Trinajstić information content (AvgIpc) is 2.86. The second-order valence-electron chi connectivity index (χ2n) is 8.60. The lowest BCUT2D eigenvalue weighted by Crippen LogP contribution is -2.50. The Morgan fingerprint density at radius 2 is 1.74 bits per heavy atom. The molecular weight excluding hydrogens is 450 g/mol. The number of carbonyl (C=O) groups is 1. The summed E-state index contributed by atoms with van der Waals surface area (Å²) in [6.07, 6.45) is 2.48. The molecule has 1 amide bonds. The minimum absolute atomic E-state index is 0.00961. The number of para-hydroxylation sites is 1. The van der Waals surface area contributed by atoms with Crippen LogP contribution in [-0.4, -0.2) is 53.3 Å². The smallest absolute Gasteiger partial charge is 0.292 e. The summed E-state index contributed by atoms with van der Waals surface area (Å²) in [5, 5.41) is 7.65. The van der Waals surface area contributed by atoms with Crippen LogP contribution in [0.1, 0.15) is 30.5 Å². The van der Waals surface area contributed by atoms with Gasteiger partial charge in [-0.05, 0) is 31.0 Å². The summed E-state index contributed by atoms with van der Waals surface area (Å²) in [6, 6.07) is 17.5. The maximum atomic E-state index is 12.8. The number of benzene rings is 2. The molecule has 0 aliphatic carbocycles. The number of rotatable bonds is 7. The zero-order chi connectivity index (χ0) is 24.1. The van der Waals surface area contributed by atoms with Crippen LogP contribution in [0.15, 0.2) is 65.6 Å². The van der Waals surface area contributed by atoms with Crippen molar-refractivity contribution in [3.63, 3.8) is 0 Å². The minimum atomic E-state index is -0.339. The molecule has 0 unspecified atom stereocenters. The first-order valence-corrected chi connectivity index (χ1v) is 12.0. The second kappa shape index (κ2) is 10.8. The number of hydrogen-bond donors (Lipinski definition) is 1. The number of aromatic nitrogens is 2. The predicted octanol–water partition coefficient (Wildman–Crippen LogP) is 3.58. The summed E-state index contributed by atoms with van der Waals surface area (Å²) in [7, 11) is 0. The quantitative estimate of drug-likeness (QED) is 0.561. The van der Waals surface area contributed by atoms with Crippen molar-refractivity contribution in [3.05, 3.63) is 87.3 Å². The highest BCUT2D eigenvalue weighted by atomic mass is 35.5. The highest BCUT2D eigenvalue weighted by Gasteiger charge is 2.23. The van der Waals surface area contributed by atoms with E-state index in [0.29, 0.717) is 44.1 Å². The molecule has 3 aromatic rings. The van der Waals surface area contributed by atoms with Crippen molar-refractivity contribution in [1.82, 2.24) is 20.0 Å². The lowest BCUT2D eigenvalue weighted by molar-refractivity contribution is -0.123. The average molecular weight is 480 g/mol. The topological polar surface area (TPSA) is 70.5 Å². The number of amides is 1. The number of hydrogen-bond acceptors (Lipinski definition) is 5. The van der Waals surface area contributed by atoms with Crippen molar-refractivity contribution in [2.24, 2.45) is 0 Å². The molecule has 1 aliphatic heterocycles. The first-order valence-electron chi connectivity index (χ1n) is 11.6. The fraction of sp³-hybridized carbons (Fsp3) is 0.346. The van der Waals surface area contributed by atoms with Gasteiger partial charge in [0.25, 0.3) is 5.56 Å². The summed E-state index contributed by atoms with van der Waals surface area (Å²) < 4.78 is 1.31. The Morgan fingerprint density at radius 1 is 1.06 bits per heavy atom. The number of nitrogens with one attached hydrogen (secondary N) is 1. The Hall–Kier alpha value is -3.16. The lowest BCUT2D eigenvalue weighted by Gasteiger charge is -2.36. The van der Waals surface area contributed by atoms with E-state index in [1.807, 2.05) is 30.3 Å². The third-order valence-corrected chi connectivity index (χ3v) is 6.56. The number of halogens is 1. The first kappa shape index (κ1) is 24.0. The van der Waals surface area contributed by atoms with E-state index in [-0.39, 0.29) is 22.5 Å². The summed E-state index contributed by atoms with van der Waals surface area (Å²) >= 11 is 6.45. The Labute approximate surface area is 205 Å². The molecule has 1 atom stereocenters. The minimum Gasteiger partial charge on any atom is -0.366 e. The van der Waals surface area contributed by atoms with Gasteiger partial charge in [-0.1, -0.05) is 66.6 Å². The van der Waals surface area contributed by atoms with Crippen LogP contribution in [0.3, 0.4) is 0 Å². The fourth-order valence-electron chi connectivity index (χ4n) is 4.21. The molecule has 0 bridgehead atoms. The Morgan fingerprint density at radius 3 is 2.38 bits per heavy atom. The molecule has 2 heterocycles. The second-order valence-corrected chi connectivity index (χ2v) is 8.98. The molecule has 1 fully saturated rings. The molecule has 7 nitrogen and oxygen atoms in total. The van der Waals surface area contributed by atoms with Gasteiger partial charge in [-0.25, -0.2) is 0 Å². The molecule has 2 aromatic carbocycles. The summed E-state index contributed by atoms with van der Waals surface area (Å²) in [6.45, 7) is 7.21. The van der Waals surface area contributed by atoms with Gasteiger partial charge in [-0.15, -0.1) is 0 Å². The predicted molar refractivity (Wildman–Crippen MR) is 136 cm³/mol. The van der Waals surface area contributed by atoms with Crippen LogP contribution in [0.4, 0.5) is 5.69 Å². The van der Waals surface area contributed by atoms with E-state index in [1.165, 1.54) is 10.2 Å². The van der Waals surface area contributed by atoms with Gasteiger partial charge in [0.15, 0.2) is 0 Å².